The Labute approximate surface area is 111 Å². The van der Waals surface area contributed by atoms with E-state index in [9.17, 15) is 8.42 Å². The Hall–Kier alpha value is -2.28. The van der Waals surface area contributed by atoms with Gasteiger partial charge in [0.2, 0.25) is 0 Å². The maximum atomic E-state index is 12.2. The molecule has 0 saturated carbocycles. The van der Waals surface area contributed by atoms with Crippen molar-refractivity contribution in [2.45, 2.75) is 4.90 Å². The second-order valence-corrected chi connectivity index (χ2v) is 5.40. The van der Waals surface area contributed by atoms with Crippen molar-refractivity contribution < 1.29 is 13.2 Å². The molecule has 100 valence electrons. The molecule has 0 saturated heterocycles. The van der Waals surface area contributed by atoms with Crippen molar-refractivity contribution in [3.8, 4) is 5.75 Å². The van der Waals surface area contributed by atoms with Crippen LogP contribution in [0.25, 0.3) is 0 Å². The topological polar surface area (TPSA) is 94.3 Å². The quantitative estimate of drug-likeness (QED) is 0.826. The summed E-state index contributed by atoms with van der Waals surface area (Å²) in [4.78, 5) is 3.85. The Kier molecular flexibility index (Phi) is 3.57. The molecule has 3 N–H and O–H groups in total. The smallest absolute Gasteiger partial charge is 0.265 e. The van der Waals surface area contributed by atoms with E-state index in [0.29, 0.717) is 11.4 Å². The maximum Gasteiger partial charge on any atom is 0.265 e. The average molecular weight is 279 g/mol. The minimum Gasteiger partial charge on any atom is -0.495 e. The zero-order valence-corrected chi connectivity index (χ0v) is 11.0. The van der Waals surface area contributed by atoms with Crippen molar-refractivity contribution in [1.82, 2.24) is 4.98 Å². The molecule has 1 heterocycles. The first kappa shape index (κ1) is 13.2. The minimum absolute atomic E-state index is 0.0287. The van der Waals surface area contributed by atoms with Crippen LogP contribution < -0.4 is 15.2 Å². The molecule has 1 aromatic carbocycles. The Morgan fingerprint density at radius 3 is 2.53 bits per heavy atom. The first-order valence-corrected chi connectivity index (χ1v) is 6.87. The van der Waals surface area contributed by atoms with Gasteiger partial charge < -0.3 is 10.5 Å². The predicted octanol–water partition coefficient (Wildman–Crippen LogP) is 1.47. The lowest BCUT2D eigenvalue weighted by molar-refractivity contribution is 0.403. The molecule has 7 heteroatoms. The number of benzene rings is 1. The molecular weight excluding hydrogens is 266 g/mol. The van der Waals surface area contributed by atoms with Gasteiger partial charge in [-0.25, -0.2) is 8.42 Å². The number of methoxy groups -OCH3 is 1. The largest absolute Gasteiger partial charge is 0.495 e. The van der Waals surface area contributed by atoms with Crippen LogP contribution in [0.15, 0.2) is 47.6 Å². The van der Waals surface area contributed by atoms with Gasteiger partial charge in [0.15, 0.2) is 0 Å². The molecular formula is C12H13N3O3S. The van der Waals surface area contributed by atoms with Gasteiger partial charge in [-0.1, -0.05) is 0 Å². The summed E-state index contributed by atoms with van der Waals surface area (Å²) in [5.41, 5.74) is 6.45. The zero-order valence-electron chi connectivity index (χ0n) is 10.2. The van der Waals surface area contributed by atoms with Gasteiger partial charge in [-0.3, -0.25) is 9.71 Å². The summed E-state index contributed by atoms with van der Waals surface area (Å²) in [5.74, 6) is 0.196. The normalized spacial score (nSPS) is 11.0. The SMILES string of the molecule is COc1cc(N)ccc1S(=O)(=O)Nc1ccncc1. The predicted molar refractivity (Wildman–Crippen MR) is 72.5 cm³/mol. The van der Waals surface area contributed by atoms with Crippen molar-refractivity contribution in [3.05, 3.63) is 42.7 Å². The van der Waals surface area contributed by atoms with E-state index in [0.717, 1.165) is 0 Å². The number of ether oxygens (including phenoxy) is 1. The summed E-state index contributed by atoms with van der Waals surface area (Å²) >= 11 is 0. The lowest BCUT2D eigenvalue weighted by Crippen LogP contribution is -2.14. The molecule has 0 bridgehead atoms. The number of anilines is 2. The number of rotatable bonds is 4. The number of nitrogens with two attached hydrogens (primary N) is 1. The van der Waals surface area contributed by atoms with E-state index < -0.39 is 10.0 Å². The van der Waals surface area contributed by atoms with Crippen LogP contribution in [0.5, 0.6) is 5.75 Å². The van der Waals surface area contributed by atoms with Gasteiger partial charge in [0.1, 0.15) is 10.6 Å². The molecule has 0 fully saturated rings. The van der Waals surface area contributed by atoms with Crippen molar-refractivity contribution in [3.63, 3.8) is 0 Å². The molecule has 0 unspecified atom stereocenters. The summed E-state index contributed by atoms with van der Waals surface area (Å²) in [6.07, 6.45) is 3.00. The van der Waals surface area contributed by atoms with E-state index in [-0.39, 0.29) is 10.6 Å². The Bertz CT molecular complexity index is 672. The number of pyridine rings is 1. The van der Waals surface area contributed by atoms with Crippen LogP contribution in [0.2, 0.25) is 0 Å². The third kappa shape index (κ3) is 2.94. The monoisotopic (exact) mass is 279 g/mol. The molecule has 0 atom stereocenters. The van der Waals surface area contributed by atoms with Gasteiger partial charge >= 0.3 is 0 Å². The van der Waals surface area contributed by atoms with Crippen LogP contribution in [0, 0.1) is 0 Å². The Balaban J connectivity index is 2.40. The molecule has 1 aromatic heterocycles. The number of nitrogens with zero attached hydrogens (tertiary/aromatic N) is 1. The highest BCUT2D eigenvalue weighted by atomic mass is 32.2. The highest BCUT2D eigenvalue weighted by molar-refractivity contribution is 7.92. The summed E-state index contributed by atoms with van der Waals surface area (Å²) in [6, 6.07) is 7.48. The van der Waals surface area contributed by atoms with E-state index in [2.05, 4.69) is 9.71 Å². The molecule has 0 aliphatic carbocycles. The lowest BCUT2D eigenvalue weighted by atomic mass is 10.3. The van der Waals surface area contributed by atoms with Gasteiger partial charge in [-0.15, -0.1) is 0 Å². The van der Waals surface area contributed by atoms with E-state index in [1.165, 1.54) is 37.7 Å². The lowest BCUT2D eigenvalue weighted by Gasteiger charge is -2.11. The Morgan fingerprint density at radius 2 is 1.89 bits per heavy atom. The van der Waals surface area contributed by atoms with Crippen molar-refractivity contribution in [2.24, 2.45) is 0 Å². The van der Waals surface area contributed by atoms with E-state index in [1.54, 1.807) is 12.1 Å². The second-order valence-electron chi connectivity index (χ2n) is 3.75. The molecule has 6 nitrogen and oxygen atoms in total. The van der Waals surface area contributed by atoms with Crippen molar-refractivity contribution in [2.75, 3.05) is 17.6 Å². The zero-order chi connectivity index (χ0) is 13.9. The molecule has 0 amide bonds. The van der Waals surface area contributed by atoms with Crippen LogP contribution in [0.3, 0.4) is 0 Å². The van der Waals surface area contributed by atoms with Crippen LogP contribution in [0.4, 0.5) is 11.4 Å². The summed E-state index contributed by atoms with van der Waals surface area (Å²) in [6.45, 7) is 0. The molecule has 0 aliphatic rings. The average Bonchev–Trinajstić information content (AvgIpc) is 2.38. The Morgan fingerprint density at radius 1 is 1.21 bits per heavy atom. The van der Waals surface area contributed by atoms with Crippen LogP contribution in [-0.4, -0.2) is 20.5 Å². The third-order valence-corrected chi connectivity index (χ3v) is 3.83. The number of nitrogens with one attached hydrogen (secondary N) is 1. The fourth-order valence-electron chi connectivity index (χ4n) is 1.54. The highest BCUT2D eigenvalue weighted by Gasteiger charge is 2.19. The number of hydrogen-bond donors (Lipinski definition) is 2. The number of hydrogen-bond acceptors (Lipinski definition) is 5. The summed E-state index contributed by atoms with van der Waals surface area (Å²) in [5, 5.41) is 0. The minimum atomic E-state index is -3.73. The first-order chi connectivity index (χ1) is 9.03. The molecule has 0 spiro atoms. The van der Waals surface area contributed by atoms with Gasteiger partial charge in [-0.2, -0.15) is 0 Å². The fourth-order valence-corrected chi connectivity index (χ4v) is 2.75. The van der Waals surface area contributed by atoms with E-state index in [1.807, 2.05) is 0 Å². The number of sulfonamides is 1. The second kappa shape index (κ2) is 5.15. The summed E-state index contributed by atoms with van der Waals surface area (Å²) < 4.78 is 32.0. The van der Waals surface area contributed by atoms with Crippen LogP contribution in [-0.2, 0) is 10.0 Å². The molecule has 19 heavy (non-hydrogen) atoms. The van der Waals surface area contributed by atoms with Crippen LogP contribution >= 0.6 is 0 Å². The molecule has 0 radical (unpaired) electrons. The molecule has 2 rings (SSSR count). The standard InChI is InChI=1S/C12H13N3O3S/c1-18-11-8-9(13)2-3-12(11)19(16,17)15-10-4-6-14-7-5-10/h2-8H,13H2,1H3,(H,14,15). The molecule has 0 aliphatic heterocycles. The fraction of sp³-hybridized carbons (Fsp3) is 0.0833. The number of aromatic nitrogens is 1. The van der Waals surface area contributed by atoms with Crippen molar-refractivity contribution in [1.29, 1.82) is 0 Å². The van der Waals surface area contributed by atoms with Gasteiger partial charge in [0.05, 0.1) is 12.8 Å². The first-order valence-electron chi connectivity index (χ1n) is 5.39. The summed E-state index contributed by atoms with van der Waals surface area (Å²) in [7, 11) is -2.34. The maximum absolute atomic E-state index is 12.2. The molecule has 2 aromatic rings. The highest BCUT2D eigenvalue weighted by Crippen LogP contribution is 2.27. The van der Waals surface area contributed by atoms with E-state index in [4.69, 9.17) is 10.5 Å². The van der Waals surface area contributed by atoms with Crippen LogP contribution in [0.1, 0.15) is 0 Å². The van der Waals surface area contributed by atoms with Gasteiger partial charge in [0, 0.05) is 24.1 Å². The van der Waals surface area contributed by atoms with Gasteiger partial charge in [0.25, 0.3) is 10.0 Å². The number of nitrogen functional groups attached to an aromatic ring is 1. The van der Waals surface area contributed by atoms with Crippen molar-refractivity contribution >= 4 is 21.4 Å². The third-order valence-electron chi connectivity index (χ3n) is 2.41. The van der Waals surface area contributed by atoms with Gasteiger partial charge in [-0.05, 0) is 24.3 Å². The van der Waals surface area contributed by atoms with E-state index >= 15 is 0 Å².